The van der Waals surface area contributed by atoms with Gasteiger partial charge in [-0.15, -0.1) is 0 Å². The molecule has 4 nitrogen and oxygen atoms in total. The molecule has 3 rings (SSSR count). The third-order valence-electron chi connectivity index (χ3n) is 4.13. The van der Waals surface area contributed by atoms with E-state index in [9.17, 15) is 4.79 Å². The third-order valence-corrected chi connectivity index (χ3v) is 4.39. The van der Waals surface area contributed by atoms with Crippen molar-refractivity contribution in [3.8, 4) is 11.5 Å². The number of hydrogen-bond acceptors (Lipinski definition) is 3. The van der Waals surface area contributed by atoms with Crippen LogP contribution in [0.3, 0.4) is 0 Å². The molecular weight excluding hydrogens is 314 g/mol. The van der Waals surface area contributed by atoms with Crippen molar-refractivity contribution in [3.63, 3.8) is 0 Å². The summed E-state index contributed by atoms with van der Waals surface area (Å²) in [6.07, 6.45) is 1.77. The minimum absolute atomic E-state index is 0.0204. The average molecular weight is 332 g/mol. The maximum absolute atomic E-state index is 12.4. The monoisotopic (exact) mass is 331 g/mol. The number of ether oxygens (including phenoxy) is 2. The minimum Gasteiger partial charge on any atom is -0.493 e. The van der Waals surface area contributed by atoms with Crippen molar-refractivity contribution in [3.05, 3.63) is 58.1 Å². The molecule has 1 atom stereocenters. The molecule has 0 heterocycles. The van der Waals surface area contributed by atoms with E-state index in [2.05, 4.69) is 5.32 Å². The van der Waals surface area contributed by atoms with Gasteiger partial charge in [-0.05, 0) is 60.4 Å². The van der Waals surface area contributed by atoms with Gasteiger partial charge in [-0.25, -0.2) is 0 Å². The van der Waals surface area contributed by atoms with E-state index in [0.717, 1.165) is 24.2 Å². The van der Waals surface area contributed by atoms with Crippen LogP contribution in [-0.4, -0.2) is 20.1 Å². The lowest BCUT2D eigenvalue weighted by atomic mass is 10.1. The number of aryl methyl sites for hydroxylation is 1. The van der Waals surface area contributed by atoms with E-state index in [1.54, 1.807) is 38.5 Å². The van der Waals surface area contributed by atoms with Crippen LogP contribution in [-0.2, 0) is 6.42 Å². The maximum Gasteiger partial charge on any atom is 0.251 e. The molecule has 1 aliphatic carbocycles. The highest BCUT2D eigenvalue weighted by molar-refractivity contribution is 6.30. The molecule has 0 saturated carbocycles. The van der Waals surface area contributed by atoms with Gasteiger partial charge in [0, 0.05) is 10.6 Å². The van der Waals surface area contributed by atoms with Gasteiger partial charge in [-0.2, -0.15) is 0 Å². The lowest BCUT2D eigenvalue weighted by Gasteiger charge is -2.16. The Morgan fingerprint density at radius 3 is 2.43 bits per heavy atom. The lowest BCUT2D eigenvalue weighted by molar-refractivity contribution is 0.0936. The van der Waals surface area contributed by atoms with Gasteiger partial charge in [-0.3, -0.25) is 4.79 Å². The summed E-state index contributed by atoms with van der Waals surface area (Å²) >= 11 is 5.86. The smallest absolute Gasteiger partial charge is 0.251 e. The van der Waals surface area contributed by atoms with Gasteiger partial charge in [0.05, 0.1) is 20.3 Å². The molecule has 23 heavy (non-hydrogen) atoms. The maximum atomic E-state index is 12.4. The first-order valence-electron chi connectivity index (χ1n) is 7.43. The molecule has 120 valence electrons. The Hall–Kier alpha value is -2.20. The normalized spacial score (nSPS) is 15.9. The van der Waals surface area contributed by atoms with E-state index >= 15 is 0 Å². The van der Waals surface area contributed by atoms with E-state index in [4.69, 9.17) is 21.1 Å². The molecule has 1 unspecified atom stereocenters. The zero-order valence-electron chi connectivity index (χ0n) is 13.1. The van der Waals surface area contributed by atoms with E-state index in [1.165, 1.54) is 5.56 Å². The number of benzene rings is 2. The van der Waals surface area contributed by atoms with Crippen LogP contribution in [0.5, 0.6) is 11.5 Å². The zero-order chi connectivity index (χ0) is 16.4. The number of carbonyl (C=O) groups excluding carboxylic acids is 1. The average Bonchev–Trinajstić information content (AvgIpc) is 2.96. The Balaban J connectivity index is 1.82. The van der Waals surface area contributed by atoms with Gasteiger partial charge in [0.2, 0.25) is 0 Å². The fourth-order valence-corrected chi connectivity index (χ4v) is 3.05. The molecule has 1 amide bonds. The van der Waals surface area contributed by atoms with Crippen molar-refractivity contribution in [2.24, 2.45) is 0 Å². The second-order valence-corrected chi connectivity index (χ2v) is 5.91. The van der Waals surface area contributed by atoms with E-state index < -0.39 is 0 Å². The fourth-order valence-electron chi connectivity index (χ4n) is 2.93. The van der Waals surface area contributed by atoms with Crippen molar-refractivity contribution in [1.29, 1.82) is 0 Å². The summed E-state index contributed by atoms with van der Waals surface area (Å²) in [7, 11) is 3.24. The summed E-state index contributed by atoms with van der Waals surface area (Å²) < 4.78 is 10.7. The van der Waals surface area contributed by atoms with E-state index in [-0.39, 0.29) is 11.9 Å². The first kappa shape index (κ1) is 15.7. The van der Waals surface area contributed by atoms with Crippen LogP contribution < -0.4 is 14.8 Å². The molecule has 0 fully saturated rings. The summed E-state index contributed by atoms with van der Waals surface area (Å²) in [6, 6.07) is 10.8. The SMILES string of the molecule is COc1cc2c(cc1OC)C(NC(=O)c1ccc(Cl)cc1)CC2. The van der Waals surface area contributed by atoms with Crippen molar-refractivity contribution >= 4 is 17.5 Å². The number of rotatable bonds is 4. The Kier molecular flexibility index (Phi) is 4.44. The predicted octanol–water partition coefficient (Wildman–Crippen LogP) is 3.77. The standard InChI is InChI=1S/C18H18ClNO3/c1-22-16-9-12-5-8-15(14(12)10-17(16)23-2)20-18(21)11-3-6-13(19)7-4-11/h3-4,6-7,9-10,15H,5,8H2,1-2H3,(H,20,21). The molecule has 0 aliphatic heterocycles. The third kappa shape index (κ3) is 3.13. The summed E-state index contributed by atoms with van der Waals surface area (Å²) in [5, 5.41) is 3.70. The number of nitrogens with one attached hydrogen (secondary N) is 1. The zero-order valence-corrected chi connectivity index (χ0v) is 13.8. The van der Waals surface area contributed by atoms with Gasteiger partial charge >= 0.3 is 0 Å². The lowest BCUT2D eigenvalue weighted by Crippen LogP contribution is -2.27. The van der Waals surface area contributed by atoms with Crippen molar-refractivity contribution in [2.75, 3.05) is 14.2 Å². The largest absolute Gasteiger partial charge is 0.493 e. The molecule has 2 aromatic carbocycles. The van der Waals surface area contributed by atoms with Gasteiger partial charge in [0.1, 0.15) is 0 Å². The van der Waals surface area contributed by atoms with E-state index in [1.807, 2.05) is 12.1 Å². The van der Waals surface area contributed by atoms with Crippen LogP contribution in [0.15, 0.2) is 36.4 Å². The van der Waals surface area contributed by atoms with E-state index in [0.29, 0.717) is 16.3 Å². The number of methoxy groups -OCH3 is 2. The Morgan fingerprint density at radius 1 is 1.13 bits per heavy atom. The van der Waals surface area contributed by atoms with Crippen LogP contribution in [0.25, 0.3) is 0 Å². The molecule has 2 aromatic rings. The van der Waals surface area contributed by atoms with Crippen molar-refractivity contribution in [1.82, 2.24) is 5.32 Å². The Labute approximate surface area is 140 Å². The number of amides is 1. The topological polar surface area (TPSA) is 47.6 Å². The predicted molar refractivity (Wildman–Crippen MR) is 89.5 cm³/mol. The van der Waals surface area contributed by atoms with Crippen LogP contribution in [0.1, 0.15) is 33.9 Å². The molecule has 0 saturated heterocycles. The highest BCUT2D eigenvalue weighted by atomic mass is 35.5. The van der Waals surface area contributed by atoms with Crippen molar-refractivity contribution in [2.45, 2.75) is 18.9 Å². The van der Waals surface area contributed by atoms with Gasteiger partial charge in [0.15, 0.2) is 11.5 Å². The second kappa shape index (κ2) is 6.50. The number of halogens is 1. The molecule has 1 N–H and O–H groups in total. The summed E-state index contributed by atoms with van der Waals surface area (Å²) in [4.78, 5) is 12.4. The molecule has 0 bridgehead atoms. The number of carbonyl (C=O) groups is 1. The molecule has 0 aromatic heterocycles. The van der Waals surface area contributed by atoms with Crippen LogP contribution in [0.2, 0.25) is 5.02 Å². The van der Waals surface area contributed by atoms with Gasteiger partial charge in [0.25, 0.3) is 5.91 Å². The number of fused-ring (bicyclic) bond motifs is 1. The molecule has 5 heteroatoms. The first-order chi connectivity index (χ1) is 11.1. The summed E-state index contributed by atoms with van der Waals surface area (Å²) in [5.74, 6) is 1.30. The summed E-state index contributed by atoms with van der Waals surface area (Å²) in [5.41, 5.74) is 2.87. The highest BCUT2D eigenvalue weighted by Crippen LogP contribution is 2.39. The van der Waals surface area contributed by atoms with Gasteiger partial charge in [-0.1, -0.05) is 11.6 Å². The molecular formula is C18H18ClNO3. The van der Waals surface area contributed by atoms with Crippen LogP contribution in [0, 0.1) is 0 Å². The quantitative estimate of drug-likeness (QED) is 0.927. The first-order valence-corrected chi connectivity index (χ1v) is 7.81. The second-order valence-electron chi connectivity index (χ2n) is 5.48. The van der Waals surface area contributed by atoms with Crippen molar-refractivity contribution < 1.29 is 14.3 Å². The molecule has 0 radical (unpaired) electrons. The van der Waals surface area contributed by atoms with Crippen LogP contribution in [0.4, 0.5) is 0 Å². The number of hydrogen-bond donors (Lipinski definition) is 1. The fraction of sp³-hybridized carbons (Fsp3) is 0.278. The Morgan fingerprint density at radius 2 is 1.78 bits per heavy atom. The highest BCUT2D eigenvalue weighted by Gasteiger charge is 2.26. The Bertz CT molecular complexity index is 728. The summed E-state index contributed by atoms with van der Waals surface area (Å²) in [6.45, 7) is 0. The molecule has 0 spiro atoms. The van der Waals surface area contributed by atoms with Crippen LogP contribution >= 0.6 is 11.6 Å². The molecule has 1 aliphatic rings. The van der Waals surface area contributed by atoms with Gasteiger partial charge < -0.3 is 14.8 Å². The minimum atomic E-state index is -0.102.